The van der Waals surface area contributed by atoms with E-state index in [9.17, 15) is 9.50 Å². The van der Waals surface area contributed by atoms with Crippen LogP contribution in [0.2, 0.25) is 0 Å². The predicted octanol–water partition coefficient (Wildman–Crippen LogP) is 3.28. The van der Waals surface area contributed by atoms with E-state index in [1.807, 2.05) is 31.2 Å². The number of nitrogens with zero attached hydrogens (tertiary/aromatic N) is 4. The van der Waals surface area contributed by atoms with Gasteiger partial charge in [0.05, 0.1) is 23.7 Å². The van der Waals surface area contributed by atoms with Gasteiger partial charge < -0.3 is 19.7 Å². The number of nitrogens with one attached hydrogen (secondary N) is 1. The number of hydrogen-bond acceptors (Lipinski definition) is 6. The minimum absolute atomic E-state index is 0.263. The molecule has 1 unspecified atom stereocenters. The first-order chi connectivity index (χ1) is 15.9. The molecule has 2 N–H and O–H groups in total. The number of imidazole rings is 1. The molecule has 0 spiro atoms. The molecule has 172 valence electrons. The van der Waals surface area contributed by atoms with Gasteiger partial charge in [-0.15, -0.1) is 0 Å². The number of piperazine rings is 1. The maximum atomic E-state index is 13.4. The number of aliphatic hydroxyl groups is 1. The van der Waals surface area contributed by atoms with Crippen molar-refractivity contribution in [3.63, 3.8) is 0 Å². The topological polar surface area (TPSA) is 77.5 Å². The van der Waals surface area contributed by atoms with Crippen molar-refractivity contribution in [1.82, 2.24) is 24.8 Å². The molecule has 0 aliphatic carbocycles. The zero-order chi connectivity index (χ0) is 23.0. The quantitative estimate of drug-likeness (QED) is 0.471. The minimum Gasteiger partial charge on any atom is -0.497 e. The van der Waals surface area contributed by atoms with Crippen molar-refractivity contribution in [1.29, 1.82) is 0 Å². The Bertz CT molecular complexity index is 1280. The summed E-state index contributed by atoms with van der Waals surface area (Å²) in [6, 6.07) is 12.2. The zero-order valence-electron chi connectivity index (χ0n) is 18.9. The third-order valence-corrected chi connectivity index (χ3v) is 6.60. The summed E-state index contributed by atoms with van der Waals surface area (Å²) in [6.45, 7) is 5.88. The number of aromatic nitrogens is 3. The van der Waals surface area contributed by atoms with E-state index in [2.05, 4.69) is 24.8 Å². The highest BCUT2D eigenvalue weighted by Gasteiger charge is 2.35. The number of aromatic amines is 1. The largest absolute Gasteiger partial charge is 0.497 e. The Morgan fingerprint density at radius 3 is 2.67 bits per heavy atom. The fraction of sp³-hybridized carbons (Fsp3) is 0.360. The van der Waals surface area contributed by atoms with Crippen molar-refractivity contribution in [3.05, 3.63) is 65.9 Å². The molecule has 0 bridgehead atoms. The molecule has 1 atom stereocenters. The number of methoxy groups -OCH3 is 1. The number of pyridine rings is 1. The summed E-state index contributed by atoms with van der Waals surface area (Å²) in [5.74, 6) is 1.34. The first kappa shape index (κ1) is 21.8. The molecule has 1 saturated heterocycles. The molecular formula is C25H28FN5O2. The van der Waals surface area contributed by atoms with Crippen LogP contribution >= 0.6 is 0 Å². The van der Waals surface area contributed by atoms with Crippen LogP contribution in [0, 0.1) is 5.82 Å². The molecule has 4 aromatic rings. The average molecular weight is 450 g/mol. The van der Waals surface area contributed by atoms with Gasteiger partial charge in [0.2, 0.25) is 0 Å². The summed E-state index contributed by atoms with van der Waals surface area (Å²) in [4.78, 5) is 16.7. The Kier molecular flexibility index (Phi) is 5.74. The highest BCUT2D eigenvalue weighted by Crippen LogP contribution is 2.33. The maximum absolute atomic E-state index is 13.4. The molecule has 1 aliphatic rings. The van der Waals surface area contributed by atoms with Crippen LogP contribution in [0.15, 0.2) is 48.7 Å². The first-order valence-corrected chi connectivity index (χ1v) is 11.2. The van der Waals surface area contributed by atoms with Crippen LogP contribution in [0.3, 0.4) is 0 Å². The fourth-order valence-corrected chi connectivity index (χ4v) is 4.66. The Balaban J connectivity index is 1.25. The zero-order valence-corrected chi connectivity index (χ0v) is 18.9. The molecule has 5 rings (SSSR count). The monoisotopic (exact) mass is 449 g/mol. The van der Waals surface area contributed by atoms with Crippen LogP contribution in [-0.4, -0.2) is 69.7 Å². The number of halogens is 1. The molecule has 0 saturated carbocycles. The second-order valence-corrected chi connectivity index (χ2v) is 8.69. The number of fused-ring (bicyclic) bond motifs is 2. The number of benzene rings is 2. The summed E-state index contributed by atoms with van der Waals surface area (Å²) in [6.07, 6.45) is 2.51. The van der Waals surface area contributed by atoms with E-state index < -0.39 is 5.72 Å². The third kappa shape index (κ3) is 4.29. The van der Waals surface area contributed by atoms with E-state index in [0.29, 0.717) is 0 Å². The molecule has 1 fully saturated rings. The molecule has 0 radical (unpaired) electrons. The number of rotatable bonds is 6. The summed E-state index contributed by atoms with van der Waals surface area (Å²) < 4.78 is 18.8. The third-order valence-electron chi connectivity index (χ3n) is 6.60. The smallest absolute Gasteiger partial charge is 0.142 e. The summed E-state index contributed by atoms with van der Waals surface area (Å²) in [5, 5.41) is 12.5. The lowest BCUT2D eigenvalue weighted by Crippen LogP contribution is -2.54. The van der Waals surface area contributed by atoms with Crippen LogP contribution < -0.4 is 4.74 Å². The highest BCUT2D eigenvalue weighted by atomic mass is 19.1. The van der Waals surface area contributed by atoms with Gasteiger partial charge in [0, 0.05) is 56.3 Å². The highest BCUT2D eigenvalue weighted by molar-refractivity contribution is 5.84. The van der Waals surface area contributed by atoms with Gasteiger partial charge in [0.15, 0.2) is 0 Å². The van der Waals surface area contributed by atoms with E-state index in [1.54, 1.807) is 19.4 Å². The molecule has 2 aromatic heterocycles. The van der Waals surface area contributed by atoms with Crippen LogP contribution in [0.25, 0.3) is 21.9 Å². The SMILES string of the molecule is COc1ccc2nccc(C(C)(O)N3CCN(CCc4nc5ccc(F)cc5[nH]4)CC3)c2c1. The van der Waals surface area contributed by atoms with Gasteiger partial charge >= 0.3 is 0 Å². The maximum Gasteiger partial charge on any atom is 0.142 e. The Labute approximate surface area is 191 Å². The second-order valence-electron chi connectivity index (χ2n) is 8.69. The lowest BCUT2D eigenvalue weighted by molar-refractivity contribution is -0.116. The summed E-state index contributed by atoms with van der Waals surface area (Å²) in [7, 11) is 1.64. The van der Waals surface area contributed by atoms with E-state index in [4.69, 9.17) is 4.74 Å². The Morgan fingerprint density at radius 1 is 1.09 bits per heavy atom. The van der Waals surface area contributed by atoms with Crippen molar-refractivity contribution >= 4 is 21.9 Å². The second kappa shape index (κ2) is 8.70. The molecular weight excluding hydrogens is 421 g/mol. The molecule has 8 heteroatoms. The molecule has 33 heavy (non-hydrogen) atoms. The van der Waals surface area contributed by atoms with Gasteiger partial charge in [-0.1, -0.05) is 0 Å². The van der Waals surface area contributed by atoms with Gasteiger partial charge in [-0.25, -0.2) is 9.37 Å². The van der Waals surface area contributed by atoms with Crippen molar-refractivity contribution in [3.8, 4) is 5.75 Å². The van der Waals surface area contributed by atoms with Crippen molar-refractivity contribution in [2.75, 3.05) is 39.8 Å². The Hall–Kier alpha value is -3.07. The molecule has 3 heterocycles. The molecule has 0 amide bonds. The summed E-state index contributed by atoms with van der Waals surface area (Å²) in [5.41, 5.74) is 2.05. The van der Waals surface area contributed by atoms with Gasteiger partial charge in [-0.2, -0.15) is 0 Å². The first-order valence-electron chi connectivity index (χ1n) is 11.2. The van der Waals surface area contributed by atoms with Gasteiger partial charge in [-0.3, -0.25) is 9.88 Å². The minimum atomic E-state index is -1.12. The van der Waals surface area contributed by atoms with Gasteiger partial charge in [0.1, 0.15) is 23.1 Å². The van der Waals surface area contributed by atoms with Crippen molar-refractivity contribution in [2.45, 2.75) is 19.1 Å². The van der Waals surface area contributed by atoms with E-state index in [1.165, 1.54) is 12.1 Å². The normalized spacial score (nSPS) is 17.5. The standard InChI is InChI=1S/C25H28FN5O2/c1-25(32,20-7-9-27-21-6-4-18(33-2)16-19(20)21)31-13-11-30(12-14-31)10-8-24-28-22-5-3-17(26)15-23(22)29-24/h3-7,9,15-16,32H,8,10-14H2,1-2H3,(H,28,29). The number of H-pyrrole nitrogens is 1. The lowest BCUT2D eigenvalue weighted by atomic mass is 9.97. The van der Waals surface area contributed by atoms with Gasteiger partial charge in [0.25, 0.3) is 0 Å². The van der Waals surface area contributed by atoms with Gasteiger partial charge in [-0.05, 0) is 49.4 Å². The van der Waals surface area contributed by atoms with E-state index in [-0.39, 0.29) is 5.82 Å². The lowest BCUT2D eigenvalue weighted by Gasteiger charge is -2.43. The number of hydrogen-bond donors (Lipinski definition) is 2. The summed E-state index contributed by atoms with van der Waals surface area (Å²) >= 11 is 0. The van der Waals surface area contributed by atoms with Crippen molar-refractivity contribution < 1.29 is 14.2 Å². The fourth-order valence-electron chi connectivity index (χ4n) is 4.66. The molecule has 1 aliphatic heterocycles. The average Bonchev–Trinajstić information content (AvgIpc) is 3.24. The van der Waals surface area contributed by atoms with E-state index in [0.717, 1.165) is 78.2 Å². The van der Waals surface area contributed by atoms with Crippen LogP contribution in [0.4, 0.5) is 4.39 Å². The van der Waals surface area contributed by atoms with Crippen molar-refractivity contribution in [2.24, 2.45) is 0 Å². The van der Waals surface area contributed by atoms with Crippen LogP contribution in [0.5, 0.6) is 5.75 Å². The Morgan fingerprint density at radius 2 is 1.88 bits per heavy atom. The molecule has 7 nitrogen and oxygen atoms in total. The number of ether oxygens (including phenoxy) is 1. The van der Waals surface area contributed by atoms with E-state index >= 15 is 0 Å². The molecule has 2 aromatic carbocycles. The van der Waals surface area contributed by atoms with Crippen LogP contribution in [-0.2, 0) is 12.1 Å². The predicted molar refractivity (Wildman–Crippen MR) is 126 cm³/mol. The van der Waals surface area contributed by atoms with Crippen LogP contribution in [0.1, 0.15) is 18.3 Å².